The smallest absolute Gasteiger partial charge is 0.256 e. The molecule has 1 aromatic rings. The Morgan fingerprint density at radius 1 is 1.44 bits per heavy atom. The Kier molecular flexibility index (Phi) is 5.22. The molecule has 0 heterocycles. The molecule has 1 atom stereocenters. The number of amides is 1. The molecular formula is C13H18F2N2O. The molecule has 100 valence electrons. The second-order valence-corrected chi connectivity index (χ2v) is 4.31. The van der Waals surface area contributed by atoms with E-state index in [4.69, 9.17) is 5.73 Å². The first-order valence-corrected chi connectivity index (χ1v) is 5.94. The summed E-state index contributed by atoms with van der Waals surface area (Å²) in [7, 11) is 0. The van der Waals surface area contributed by atoms with Crippen molar-refractivity contribution >= 4 is 5.91 Å². The summed E-state index contributed by atoms with van der Waals surface area (Å²) in [6, 6.07) is 2.88. The molecule has 0 fully saturated rings. The number of rotatable bonds is 5. The summed E-state index contributed by atoms with van der Waals surface area (Å²) < 4.78 is 26.5. The van der Waals surface area contributed by atoms with Crippen molar-refractivity contribution in [3.63, 3.8) is 0 Å². The Bertz CT molecular complexity index is 423. The molecule has 0 bridgehead atoms. The third-order valence-electron chi connectivity index (χ3n) is 2.76. The van der Waals surface area contributed by atoms with Crippen LogP contribution in [0.25, 0.3) is 0 Å². The van der Waals surface area contributed by atoms with Crippen molar-refractivity contribution in [1.82, 2.24) is 4.90 Å². The maximum absolute atomic E-state index is 13.5. The van der Waals surface area contributed by atoms with Crippen LogP contribution in [0.1, 0.15) is 24.2 Å². The fraction of sp³-hybridized carbons (Fsp3) is 0.462. The topological polar surface area (TPSA) is 46.3 Å². The molecule has 0 aliphatic heterocycles. The molecule has 0 aliphatic rings. The molecule has 18 heavy (non-hydrogen) atoms. The standard InChI is InChI=1S/C13H18F2N2O/c1-3-17(8-9(2)7-16)13(18)11-6-10(14)4-5-12(11)15/h4-6,9H,3,7-8,16H2,1-2H3. The van der Waals surface area contributed by atoms with Gasteiger partial charge in [0.25, 0.3) is 5.91 Å². The minimum Gasteiger partial charge on any atom is -0.339 e. The van der Waals surface area contributed by atoms with Gasteiger partial charge < -0.3 is 10.6 Å². The summed E-state index contributed by atoms with van der Waals surface area (Å²) in [5.74, 6) is -1.72. The highest BCUT2D eigenvalue weighted by molar-refractivity contribution is 5.94. The van der Waals surface area contributed by atoms with Gasteiger partial charge in [-0.25, -0.2) is 8.78 Å². The number of hydrogen-bond acceptors (Lipinski definition) is 2. The lowest BCUT2D eigenvalue weighted by Gasteiger charge is -2.24. The van der Waals surface area contributed by atoms with Gasteiger partial charge in [0, 0.05) is 13.1 Å². The normalized spacial score (nSPS) is 12.3. The van der Waals surface area contributed by atoms with E-state index in [0.717, 1.165) is 18.2 Å². The van der Waals surface area contributed by atoms with E-state index in [2.05, 4.69) is 0 Å². The third-order valence-corrected chi connectivity index (χ3v) is 2.76. The Hall–Kier alpha value is -1.49. The van der Waals surface area contributed by atoms with Crippen LogP contribution in [0.2, 0.25) is 0 Å². The summed E-state index contributed by atoms with van der Waals surface area (Å²) in [6.45, 7) is 4.99. The quantitative estimate of drug-likeness (QED) is 0.876. The predicted molar refractivity (Wildman–Crippen MR) is 66.2 cm³/mol. The third kappa shape index (κ3) is 3.50. The van der Waals surface area contributed by atoms with Crippen molar-refractivity contribution in [3.8, 4) is 0 Å². The average Bonchev–Trinajstić information content (AvgIpc) is 2.37. The number of nitrogens with zero attached hydrogens (tertiary/aromatic N) is 1. The molecule has 1 aromatic carbocycles. The predicted octanol–water partition coefficient (Wildman–Crippen LogP) is 2.02. The summed E-state index contributed by atoms with van der Waals surface area (Å²) in [5.41, 5.74) is 5.26. The number of halogens is 2. The minimum atomic E-state index is -0.708. The van der Waals surface area contributed by atoms with Gasteiger partial charge in [0.05, 0.1) is 5.56 Å². The first-order chi connectivity index (χ1) is 8.49. The van der Waals surface area contributed by atoms with Crippen LogP contribution >= 0.6 is 0 Å². The number of nitrogens with two attached hydrogens (primary N) is 1. The highest BCUT2D eigenvalue weighted by Crippen LogP contribution is 2.13. The number of hydrogen-bond donors (Lipinski definition) is 1. The van der Waals surface area contributed by atoms with Crippen LogP contribution in [0.5, 0.6) is 0 Å². The van der Waals surface area contributed by atoms with Gasteiger partial charge in [-0.1, -0.05) is 6.92 Å². The largest absolute Gasteiger partial charge is 0.339 e. The molecule has 3 nitrogen and oxygen atoms in total. The van der Waals surface area contributed by atoms with Crippen molar-refractivity contribution in [2.45, 2.75) is 13.8 Å². The molecule has 1 amide bonds. The Morgan fingerprint density at radius 2 is 2.11 bits per heavy atom. The van der Waals surface area contributed by atoms with E-state index in [1.165, 1.54) is 4.90 Å². The maximum atomic E-state index is 13.5. The van der Waals surface area contributed by atoms with Crippen molar-refractivity contribution in [2.24, 2.45) is 11.7 Å². The zero-order valence-corrected chi connectivity index (χ0v) is 10.6. The monoisotopic (exact) mass is 256 g/mol. The molecule has 0 saturated heterocycles. The second kappa shape index (κ2) is 6.44. The Balaban J connectivity index is 2.92. The van der Waals surface area contributed by atoms with Crippen LogP contribution in [0.4, 0.5) is 8.78 Å². The number of carbonyl (C=O) groups is 1. The lowest BCUT2D eigenvalue weighted by atomic mass is 10.1. The van der Waals surface area contributed by atoms with E-state index in [1.54, 1.807) is 6.92 Å². The zero-order valence-electron chi connectivity index (χ0n) is 10.6. The van der Waals surface area contributed by atoms with Gasteiger partial charge in [-0.15, -0.1) is 0 Å². The first kappa shape index (κ1) is 14.6. The minimum absolute atomic E-state index is 0.116. The number of benzene rings is 1. The first-order valence-electron chi connectivity index (χ1n) is 5.94. The molecule has 0 saturated carbocycles. The van der Waals surface area contributed by atoms with Gasteiger partial charge in [-0.3, -0.25) is 4.79 Å². The van der Waals surface area contributed by atoms with Gasteiger partial charge in [-0.05, 0) is 37.6 Å². The molecule has 0 radical (unpaired) electrons. The second-order valence-electron chi connectivity index (χ2n) is 4.31. The molecule has 0 spiro atoms. The SMILES string of the molecule is CCN(CC(C)CN)C(=O)c1cc(F)ccc1F. The van der Waals surface area contributed by atoms with Crippen LogP contribution in [0.3, 0.4) is 0 Å². The molecular weight excluding hydrogens is 238 g/mol. The van der Waals surface area contributed by atoms with Gasteiger partial charge in [0.15, 0.2) is 0 Å². The molecule has 0 aliphatic carbocycles. The van der Waals surface area contributed by atoms with Crippen LogP contribution in [0, 0.1) is 17.6 Å². The highest BCUT2D eigenvalue weighted by Gasteiger charge is 2.20. The van der Waals surface area contributed by atoms with Crippen LogP contribution in [-0.2, 0) is 0 Å². The van der Waals surface area contributed by atoms with Crippen LogP contribution < -0.4 is 5.73 Å². The molecule has 0 aromatic heterocycles. The van der Waals surface area contributed by atoms with E-state index in [-0.39, 0.29) is 11.5 Å². The maximum Gasteiger partial charge on any atom is 0.256 e. The average molecular weight is 256 g/mol. The van der Waals surface area contributed by atoms with Gasteiger partial charge >= 0.3 is 0 Å². The Morgan fingerprint density at radius 3 is 2.67 bits per heavy atom. The fourth-order valence-corrected chi connectivity index (χ4v) is 1.64. The van der Waals surface area contributed by atoms with E-state index in [1.807, 2.05) is 6.92 Å². The van der Waals surface area contributed by atoms with Gasteiger partial charge in [0.1, 0.15) is 11.6 Å². The van der Waals surface area contributed by atoms with Crippen LogP contribution in [-0.4, -0.2) is 30.4 Å². The lowest BCUT2D eigenvalue weighted by Crippen LogP contribution is -2.37. The summed E-state index contributed by atoms with van der Waals surface area (Å²) in [4.78, 5) is 13.5. The van der Waals surface area contributed by atoms with Crippen LogP contribution in [0.15, 0.2) is 18.2 Å². The molecule has 5 heteroatoms. The lowest BCUT2D eigenvalue weighted by molar-refractivity contribution is 0.0738. The van der Waals surface area contributed by atoms with Crippen molar-refractivity contribution in [2.75, 3.05) is 19.6 Å². The summed E-state index contributed by atoms with van der Waals surface area (Å²) in [5, 5.41) is 0. The summed E-state index contributed by atoms with van der Waals surface area (Å²) in [6.07, 6.45) is 0. The van der Waals surface area contributed by atoms with Crippen molar-refractivity contribution in [1.29, 1.82) is 0 Å². The van der Waals surface area contributed by atoms with Crippen molar-refractivity contribution in [3.05, 3.63) is 35.4 Å². The zero-order chi connectivity index (χ0) is 13.7. The van der Waals surface area contributed by atoms with E-state index < -0.39 is 17.5 Å². The molecule has 2 N–H and O–H groups in total. The number of carbonyl (C=O) groups excluding carboxylic acids is 1. The van der Waals surface area contributed by atoms with Gasteiger partial charge in [0.2, 0.25) is 0 Å². The summed E-state index contributed by atoms with van der Waals surface area (Å²) >= 11 is 0. The molecule has 1 rings (SSSR count). The highest BCUT2D eigenvalue weighted by atomic mass is 19.1. The van der Waals surface area contributed by atoms with E-state index in [0.29, 0.717) is 19.6 Å². The van der Waals surface area contributed by atoms with Gasteiger partial charge in [-0.2, -0.15) is 0 Å². The Labute approximate surface area is 106 Å². The van der Waals surface area contributed by atoms with E-state index >= 15 is 0 Å². The van der Waals surface area contributed by atoms with E-state index in [9.17, 15) is 13.6 Å². The van der Waals surface area contributed by atoms with Crippen molar-refractivity contribution < 1.29 is 13.6 Å². The molecule has 1 unspecified atom stereocenters. The fourth-order valence-electron chi connectivity index (χ4n) is 1.64.